The predicted molar refractivity (Wildman–Crippen MR) is 71.9 cm³/mol. The fourth-order valence-electron chi connectivity index (χ4n) is 1.74. The Morgan fingerprint density at radius 1 is 1.31 bits per heavy atom. The number of hydrogen-bond donors (Lipinski definition) is 1. The zero-order valence-electron chi connectivity index (χ0n) is 10.0. The molecule has 0 aliphatic carbocycles. The maximum atomic E-state index is 5.42. The Morgan fingerprint density at radius 3 is 2.56 bits per heavy atom. The summed E-state index contributed by atoms with van der Waals surface area (Å²) in [6.45, 7) is 4.66. The van der Waals surface area contributed by atoms with Gasteiger partial charge in [-0.3, -0.25) is 0 Å². The topological polar surface area (TPSA) is 21.3 Å². The molecule has 0 aliphatic rings. The van der Waals surface area contributed by atoms with E-state index in [2.05, 4.69) is 45.5 Å². The van der Waals surface area contributed by atoms with Crippen LogP contribution in [0.2, 0.25) is 0 Å². The molecule has 0 bridgehead atoms. The number of ether oxygens (including phenoxy) is 1. The van der Waals surface area contributed by atoms with Crippen LogP contribution in [0.4, 0.5) is 0 Å². The molecular formula is C13H20BrNO. The van der Waals surface area contributed by atoms with Crippen LogP contribution in [0, 0.1) is 0 Å². The molecule has 0 fully saturated rings. The molecule has 0 aliphatic heterocycles. The molecular weight excluding hydrogens is 266 g/mol. The Bertz CT molecular complexity index is 286. The Morgan fingerprint density at radius 2 is 2.00 bits per heavy atom. The van der Waals surface area contributed by atoms with Crippen LogP contribution in [0.1, 0.15) is 24.8 Å². The number of likely N-dealkylation sites (N-methyl/N-ethyl adjacent to an activating group) is 1. The molecule has 0 heterocycles. The second-order valence-electron chi connectivity index (χ2n) is 3.79. The van der Waals surface area contributed by atoms with E-state index in [0.717, 1.165) is 30.7 Å². The molecule has 0 spiro atoms. The van der Waals surface area contributed by atoms with E-state index in [1.54, 1.807) is 0 Å². The summed E-state index contributed by atoms with van der Waals surface area (Å²) in [5.74, 6) is 0.532. The molecule has 1 rings (SSSR count). The van der Waals surface area contributed by atoms with Crippen molar-refractivity contribution in [3.05, 3.63) is 34.3 Å². The van der Waals surface area contributed by atoms with Gasteiger partial charge in [-0.05, 0) is 44.0 Å². The number of nitrogens with one attached hydrogen (secondary N) is 1. The second-order valence-corrected chi connectivity index (χ2v) is 4.71. The molecule has 16 heavy (non-hydrogen) atoms. The normalized spacial score (nSPS) is 12.7. The average molecular weight is 286 g/mol. The summed E-state index contributed by atoms with van der Waals surface area (Å²) in [4.78, 5) is 0. The molecule has 0 saturated carbocycles. The van der Waals surface area contributed by atoms with Crippen molar-refractivity contribution in [1.82, 2.24) is 5.32 Å². The standard InChI is InChI=1S/C13H20BrNO/c1-3-16-9-8-12(10-15-2)11-4-6-13(14)7-5-11/h4-7,12,15H,3,8-10H2,1-2H3. The maximum absolute atomic E-state index is 5.42. The third-order valence-electron chi connectivity index (χ3n) is 2.61. The van der Waals surface area contributed by atoms with Gasteiger partial charge in [-0.2, -0.15) is 0 Å². The quantitative estimate of drug-likeness (QED) is 0.777. The van der Waals surface area contributed by atoms with Crippen LogP contribution in [0.3, 0.4) is 0 Å². The lowest BCUT2D eigenvalue weighted by Gasteiger charge is -2.17. The van der Waals surface area contributed by atoms with Crippen LogP contribution < -0.4 is 5.32 Å². The van der Waals surface area contributed by atoms with E-state index in [4.69, 9.17) is 4.74 Å². The summed E-state index contributed by atoms with van der Waals surface area (Å²) < 4.78 is 6.55. The third kappa shape index (κ3) is 4.64. The lowest BCUT2D eigenvalue weighted by molar-refractivity contribution is 0.139. The fourth-order valence-corrected chi connectivity index (χ4v) is 2.00. The predicted octanol–water partition coefficient (Wildman–Crippen LogP) is 3.18. The number of benzene rings is 1. The molecule has 2 nitrogen and oxygen atoms in total. The Balaban J connectivity index is 2.57. The zero-order valence-corrected chi connectivity index (χ0v) is 11.6. The van der Waals surface area contributed by atoms with Crippen molar-refractivity contribution >= 4 is 15.9 Å². The minimum Gasteiger partial charge on any atom is -0.382 e. The molecule has 1 unspecified atom stereocenters. The highest BCUT2D eigenvalue weighted by Gasteiger charge is 2.10. The lowest BCUT2D eigenvalue weighted by atomic mass is 9.96. The first kappa shape index (κ1) is 13.7. The second kappa shape index (κ2) is 7.82. The summed E-state index contributed by atoms with van der Waals surface area (Å²) >= 11 is 3.46. The molecule has 1 atom stereocenters. The molecule has 1 aromatic carbocycles. The average Bonchev–Trinajstić information content (AvgIpc) is 2.29. The molecule has 0 radical (unpaired) electrons. The molecule has 3 heteroatoms. The Kier molecular flexibility index (Phi) is 6.69. The van der Waals surface area contributed by atoms with Crippen LogP contribution in [0.5, 0.6) is 0 Å². The van der Waals surface area contributed by atoms with Crippen molar-refractivity contribution in [3.8, 4) is 0 Å². The molecule has 0 aromatic heterocycles. The van der Waals surface area contributed by atoms with Crippen molar-refractivity contribution in [2.24, 2.45) is 0 Å². The summed E-state index contributed by atoms with van der Waals surface area (Å²) in [6.07, 6.45) is 1.07. The van der Waals surface area contributed by atoms with Gasteiger partial charge in [-0.1, -0.05) is 28.1 Å². The van der Waals surface area contributed by atoms with Crippen molar-refractivity contribution in [1.29, 1.82) is 0 Å². The van der Waals surface area contributed by atoms with Gasteiger partial charge >= 0.3 is 0 Å². The highest BCUT2D eigenvalue weighted by atomic mass is 79.9. The van der Waals surface area contributed by atoms with Crippen LogP contribution >= 0.6 is 15.9 Å². The van der Waals surface area contributed by atoms with Gasteiger partial charge in [-0.15, -0.1) is 0 Å². The SMILES string of the molecule is CCOCCC(CNC)c1ccc(Br)cc1. The van der Waals surface area contributed by atoms with Crippen molar-refractivity contribution in [2.75, 3.05) is 26.8 Å². The number of halogens is 1. The van der Waals surface area contributed by atoms with Gasteiger partial charge in [0.15, 0.2) is 0 Å². The highest BCUT2D eigenvalue weighted by molar-refractivity contribution is 9.10. The smallest absolute Gasteiger partial charge is 0.0472 e. The van der Waals surface area contributed by atoms with Crippen LogP contribution in [-0.2, 0) is 4.74 Å². The van der Waals surface area contributed by atoms with Crippen LogP contribution in [0.25, 0.3) is 0 Å². The first-order chi connectivity index (χ1) is 7.77. The Hall–Kier alpha value is -0.380. The molecule has 0 saturated heterocycles. The van der Waals surface area contributed by atoms with Gasteiger partial charge in [-0.25, -0.2) is 0 Å². The largest absolute Gasteiger partial charge is 0.382 e. The summed E-state index contributed by atoms with van der Waals surface area (Å²) in [7, 11) is 1.99. The van der Waals surface area contributed by atoms with Gasteiger partial charge < -0.3 is 10.1 Å². The molecule has 90 valence electrons. The summed E-state index contributed by atoms with van der Waals surface area (Å²) in [6, 6.07) is 8.55. The zero-order chi connectivity index (χ0) is 11.8. The van der Waals surface area contributed by atoms with E-state index < -0.39 is 0 Å². The first-order valence-corrected chi connectivity index (χ1v) is 6.55. The fraction of sp³-hybridized carbons (Fsp3) is 0.538. The summed E-state index contributed by atoms with van der Waals surface area (Å²) in [5, 5.41) is 3.24. The van der Waals surface area contributed by atoms with Gasteiger partial charge in [0.25, 0.3) is 0 Å². The van der Waals surface area contributed by atoms with Gasteiger partial charge in [0.05, 0.1) is 0 Å². The first-order valence-electron chi connectivity index (χ1n) is 5.75. The van der Waals surface area contributed by atoms with E-state index in [1.165, 1.54) is 5.56 Å². The van der Waals surface area contributed by atoms with Crippen LogP contribution in [0.15, 0.2) is 28.7 Å². The number of hydrogen-bond acceptors (Lipinski definition) is 2. The lowest BCUT2D eigenvalue weighted by Crippen LogP contribution is -2.18. The minimum absolute atomic E-state index is 0.532. The monoisotopic (exact) mass is 285 g/mol. The minimum atomic E-state index is 0.532. The van der Waals surface area contributed by atoms with E-state index >= 15 is 0 Å². The molecule has 0 amide bonds. The van der Waals surface area contributed by atoms with Gasteiger partial charge in [0, 0.05) is 24.2 Å². The van der Waals surface area contributed by atoms with Crippen molar-refractivity contribution < 1.29 is 4.74 Å². The van der Waals surface area contributed by atoms with Gasteiger partial charge in [0.2, 0.25) is 0 Å². The van der Waals surface area contributed by atoms with E-state index in [1.807, 2.05) is 14.0 Å². The third-order valence-corrected chi connectivity index (χ3v) is 3.14. The van der Waals surface area contributed by atoms with E-state index in [9.17, 15) is 0 Å². The van der Waals surface area contributed by atoms with Crippen LogP contribution in [-0.4, -0.2) is 26.8 Å². The molecule has 1 aromatic rings. The van der Waals surface area contributed by atoms with E-state index in [0.29, 0.717) is 5.92 Å². The van der Waals surface area contributed by atoms with E-state index in [-0.39, 0.29) is 0 Å². The number of rotatable bonds is 7. The maximum Gasteiger partial charge on any atom is 0.0472 e. The van der Waals surface area contributed by atoms with Crippen molar-refractivity contribution in [3.63, 3.8) is 0 Å². The van der Waals surface area contributed by atoms with Crippen molar-refractivity contribution in [2.45, 2.75) is 19.3 Å². The Labute approximate surface area is 107 Å². The van der Waals surface area contributed by atoms with Gasteiger partial charge in [0.1, 0.15) is 0 Å². The summed E-state index contributed by atoms with van der Waals surface area (Å²) in [5.41, 5.74) is 1.37. The highest BCUT2D eigenvalue weighted by Crippen LogP contribution is 2.21. The molecule has 1 N–H and O–H groups in total.